The van der Waals surface area contributed by atoms with E-state index in [2.05, 4.69) is 20.1 Å². The number of halogens is 2. The maximum atomic E-state index is 12.6. The first kappa shape index (κ1) is 20.4. The Hall–Kier alpha value is -1.63. The molecule has 2 atom stereocenters. The lowest BCUT2D eigenvalue weighted by molar-refractivity contribution is -0.126. The summed E-state index contributed by atoms with van der Waals surface area (Å²) in [6, 6.07) is 9.15. The van der Waals surface area contributed by atoms with Gasteiger partial charge in [-0.3, -0.25) is 4.79 Å². The van der Waals surface area contributed by atoms with Gasteiger partial charge in [0.2, 0.25) is 5.91 Å². The number of rotatable bonds is 4. The molecule has 0 spiro atoms. The van der Waals surface area contributed by atoms with Gasteiger partial charge in [-0.2, -0.15) is 0 Å². The molecule has 2 aromatic rings. The fraction of sp³-hybridized carbons (Fsp3) is 0.438. The summed E-state index contributed by atoms with van der Waals surface area (Å²) in [4.78, 5) is 12.6. The zero-order valence-electron chi connectivity index (χ0n) is 13.7. The Bertz CT molecular complexity index is 687. The highest BCUT2D eigenvalue weighted by Gasteiger charge is 2.32. The van der Waals surface area contributed by atoms with Gasteiger partial charge in [0, 0.05) is 13.0 Å². The van der Waals surface area contributed by atoms with Crippen molar-refractivity contribution in [2.75, 3.05) is 0 Å². The van der Waals surface area contributed by atoms with Gasteiger partial charge in [0.15, 0.2) is 5.82 Å². The van der Waals surface area contributed by atoms with Crippen molar-refractivity contribution < 1.29 is 4.79 Å². The van der Waals surface area contributed by atoms with Crippen molar-refractivity contribution in [3.8, 4) is 0 Å². The summed E-state index contributed by atoms with van der Waals surface area (Å²) in [6.45, 7) is 4.55. The number of carbonyl (C=O) groups is 1. The minimum Gasteiger partial charge on any atom is -0.344 e. The first-order valence-corrected chi connectivity index (χ1v) is 7.57. The van der Waals surface area contributed by atoms with E-state index in [1.165, 1.54) is 0 Å². The van der Waals surface area contributed by atoms with E-state index in [0.29, 0.717) is 0 Å². The molecule has 0 saturated carbocycles. The van der Waals surface area contributed by atoms with E-state index in [9.17, 15) is 4.79 Å². The Morgan fingerprint density at radius 1 is 1.29 bits per heavy atom. The summed E-state index contributed by atoms with van der Waals surface area (Å²) in [6.07, 6.45) is 2.03. The molecular formula is C16H23Cl2N5O. The number of amides is 1. The molecule has 3 rings (SSSR count). The molecule has 132 valence electrons. The molecule has 1 aromatic heterocycles. The third-order valence-electron chi connectivity index (χ3n) is 4.22. The second kappa shape index (κ2) is 7.96. The lowest BCUT2D eigenvalue weighted by atomic mass is 9.92. The minimum atomic E-state index is -1.08. The van der Waals surface area contributed by atoms with Crippen LogP contribution in [0, 0.1) is 0 Å². The lowest BCUT2D eigenvalue weighted by Gasteiger charge is -2.26. The maximum absolute atomic E-state index is 12.6. The molecule has 0 aliphatic carbocycles. The van der Waals surface area contributed by atoms with Gasteiger partial charge < -0.3 is 15.6 Å². The molecule has 2 unspecified atom stereocenters. The molecule has 1 aliphatic heterocycles. The van der Waals surface area contributed by atoms with Crippen molar-refractivity contribution in [2.45, 2.75) is 44.8 Å². The predicted molar refractivity (Wildman–Crippen MR) is 97.4 cm³/mol. The monoisotopic (exact) mass is 371 g/mol. The number of aryl methyl sites for hydroxylation is 1. The van der Waals surface area contributed by atoms with Crippen LogP contribution in [0.15, 0.2) is 30.3 Å². The van der Waals surface area contributed by atoms with E-state index < -0.39 is 5.54 Å². The molecule has 2 heterocycles. The summed E-state index contributed by atoms with van der Waals surface area (Å²) >= 11 is 0. The van der Waals surface area contributed by atoms with E-state index in [0.717, 1.165) is 36.6 Å². The number of nitrogens with one attached hydrogen (secondary N) is 1. The van der Waals surface area contributed by atoms with Crippen LogP contribution in [0.4, 0.5) is 0 Å². The number of aromatic nitrogens is 3. The Morgan fingerprint density at radius 2 is 1.96 bits per heavy atom. The Morgan fingerprint density at radius 3 is 2.62 bits per heavy atom. The van der Waals surface area contributed by atoms with Crippen molar-refractivity contribution in [3.63, 3.8) is 0 Å². The predicted octanol–water partition coefficient (Wildman–Crippen LogP) is 2.12. The van der Waals surface area contributed by atoms with Crippen molar-refractivity contribution in [2.24, 2.45) is 5.73 Å². The lowest BCUT2D eigenvalue weighted by Crippen LogP contribution is -2.49. The van der Waals surface area contributed by atoms with Gasteiger partial charge in [-0.05, 0) is 25.8 Å². The Balaban J connectivity index is 0.00000144. The van der Waals surface area contributed by atoms with Crippen molar-refractivity contribution in [1.29, 1.82) is 0 Å². The van der Waals surface area contributed by atoms with Crippen LogP contribution in [0.5, 0.6) is 0 Å². The van der Waals surface area contributed by atoms with Gasteiger partial charge in [0.1, 0.15) is 11.4 Å². The number of benzene rings is 1. The van der Waals surface area contributed by atoms with Gasteiger partial charge in [0.05, 0.1) is 6.04 Å². The van der Waals surface area contributed by atoms with Crippen LogP contribution in [-0.4, -0.2) is 20.7 Å². The normalized spacial score (nSPS) is 16.1. The summed E-state index contributed by atoms with van der Waals surface area (Å²) in [5.74, 6) is 1.57. The average molecular weight is 372 g/mol. The highest BCUT2D eigenvalue weighted by molar-refractivity contribution is 5.87. The summed E-state index contributed by atoms with van der Waals surface area (Å²) in [5.41, 5.74) is 5.94. The van der Waals surface area contributed by atoms with Crippen LogP contribution < -0.4 is 11.1 Å². The third-order valence-corrected chi connectivity index (χ3v) is 4.22. The zero-order chi connectivity index (χ0) is 15.7. The molecule has 0 bridgehead atoms. The van der Waals surface area contributed by atoms with Crippen molar-refractivity contribution in [1.82, 2.24) is 20.1 Å². The third kappa shape index (κ3) is 3.71. The van der Waals surface area contributed by atoms with E-state index in [1.807, 2.05) is 37.3 Å². The topological polar surface area (TPSA) is 85.8 Å². The Labute approximate surface area is 154 Å². The number of nitrogens with two attached hydrogens (primary N) is 1. The van der Waals surface area contributed by atoms with E-state index in [4.69, 9.17) is 5.73 Å². The smallest absolute Gasteiger partial charge is 0.244 e. The van der Waals surface area contributed by atoms with Gasteiger partial charge in [-0.25, -0.2) is 0 Å². The summed E-state index contributed by atoms with van der Waals surface area (Å²) in [7, 11) is 0. The fourth-order valence-electron chi connectivity index (χ4n) is 2.82. The van der Waals surface area contributed by atoms with Gasteiger partial charge >= 0.3 is 0 Å². The molecule has 0 fully saturated rings. The largest absolute Gasteiger partial charge is 0.344 e. The molecule has 3 N–H and O–H groups in total. The number of hydrogen-bond acceptors (Lipinski definition) is 4. The molecule has 0 radical (unpaired) electrons. The molecule has 1 aliphatic rings. The SMILES string of the molecule is CC(NC(=O)C(C)(N)c1ccccc1)c1nnc2n1CCC2.Cl.Cl. The highest BCUT2D eigenvalue weighted by atomic mass is 35.5. The second-order valence-corrected chi connectivity index (χ2v) is 5.99. The van der Waals surface area contributed by atoms with E-state index in [-0.39, 0.29) is 36.8 Å². The highest BCUT2D eigenvalue weighted by Crippen LogP contribution is 2.22. The molecule has 0 saturated heterocycles. The fourth-order valence-corrected chi connectivity index (χ4v) is 2.82. The molecule has 24 heavy (non-hydrogen) atoms. The molecule has 1 amide bonds. The van der Waals surface area contributed by atoms with Crippen LogP contribution in [0.3, 0.4) is 0 Å². The zero-order valence-corrected chi connectivity index (χ0v) is 15.4. The molecule has 6 nitrogen and oxygen atoms in total. The molecule has 8 heteroatoms. The number of carbonyl (C=O) groups excluding carboxylic acids is 1. The quantitative estimate of drug-likeness (QED) is 0.861. The number of nitrogens with zero attached hydrogens (tertiary/aromatic N) is 3. The maximum Gasteiger partial charge on any atom is 0.244 e. The number of fused-ring (bicyclic) bond motifs is 1. The van der Waals surface area contributed by atoms with Crippen molar-refractivity contribution >= 4 is 30.7 Å². The standard InChI is InChI=1S/C16H21N5O.2ClH/c1-11(14-20-19-13-9-6-10-21(13)14)18-15(22)16(2,17)12-7-4-3-5-8-12;;/h3-5,7-8,11H,6,9-10,17H2,1-2H3,(H,18,22);2*1H. The molecular weight excluding hydrogens is 349 g/mol. The summed E-state index contributed by atoms with van der Waals surface area (Å²) < 4.78 is 2.08. The van der Waals surface area contributed by atoms with Crippen LogP contribution in [0.1, 0.15) is 43.5 Å². The van der Waals surface area contributed by atoms with Gasteiger partial charge in [-0.15, -0.1) is 35.0 Å². The van der Waals surface area contributed by atoms with Crippen LogP contribution in [-0.2, 0) is 23.3 Å². The molecule has 1 aromatic carbocycles. The summed E-state index contributed by atoms with van der Waals surface area (Å²) in [5, 5.41) is 11.3. The second-order valence-electron chi connectivity index (χ2n) is 5.99. The van der Waals surface area contributed by atoms with Crippen LogP contribution >= 0.6 is 24.8 Å². The Kier molecular flexibility index (Phi) is 6.77. The minimum absolute atomic E-state index is 0. The van der Waals surface area contributed by atoms with E-state index >= 15 is 0 Å². The first-order valence-electron chi connectivity index (χ1n) is 7.57. The average Bonchev–Trinajstić information content (AvgIpc) is 3.10. The van der Waals surface area contributed by atoms with Gasteiger partial charge in [0.25, 0.3) is 0 Å². The van der Waals surface area contributed by atoms with Gasteiger partial charge in [-0.1, -0.05) is 30.3 Å². The first-order chi connectivity index (χ1) is 10.5. The van der Waals surface area contributed by atoms with E-state index in [1.54, 1.807) is 6.92 Å². The van der Waals surface area contributed by atoms with Crippen LogP contribution in [0.25, 0.3) is 0 Å². The van der Waals surface area contributed by atoms with Crippen LogP contribution in [0.2, 0.25) is 0 Å². The number of hydrogen-bond donors (Lipinski definition) is 2. The van der Waals surface area contributed by atoms with Crippen molar-refractivity contribution in [3.05, 3.63) is 47.5 Å².